The van der Waals surface area contributed by atoms with Crippen molar-refractivity contribution in [3.05, 3.63) is 28.3 Å². The van der Waals surface area contributed by atoms with Crippen molar-refractivity contribution in [1.82, 2.24) is 9.80 Å². The summed E-state index contributed by atoms with van der Waals surface area (Å²) in [5, 5.41) is 0.577. The highest BCUT2D eigenvalue weighted by Crippen LogP contribution is 2.41. The van der Waals surface area contributed by atoms with Crippen LogP contribution in [-0.2, 0) is 9.59 Å². The Balaban J connectivity index is 1.39. The highest BCUT2D eigenvalue weighted by molar-refractivity contribution is 6.31. The van der Waals surface area contributed by atoms with Crippen LogP contribution in [0.5, 0.6) is 5.75 Å². The topological polar surface area (TPSA) is 66.9 Å². The molecule has 29 heavy (non-hydrogen) atoms. The summed E-state index contributed by atoms with van der Waals surface area (Å²) in [5.74, 6) is 0.906. The summed E-state index contributed by atoms with van der Waals surface area (Å²) < 4.78 is 6.32. The van der Waals surface area contributed by atoms with Crippen LogP contribution in [0.25, 0.3) is 0 Å². The molecule has 7 heteroatoms. The number of carbonyl (C=O) groups is 3. The number of hydrogen-bond acceptors (Lipinski definition) is 4. The molecule has 0 aromatic heterocycles. The van der Waals surface area contributed by atoms with Gasteiger partial charge in [0.1, 0.15) is 11.4 Å². The lowest BCUT2D eigenvalue weighted by molar-refractivity contribution is -0.143. The van der Waals surface area contributed by atoms with Crippen molar-refractivity contribution >= 4 is 29.2 Å². The number of ether oxygens (including phenoxy) is 1. The van der Waals surface area contributed by atoms with E-state index in [9.17, 15) is 14.4 Å². The predicted octanol–water partition coefficient (Wildman–Crippen LogP) is 3.23. The number of nitrogens with zero attached hydrogens (tertiary/aromatic N) is 2. The maximum absolute atomic E-state index is 12.9. The fraction of sp³-hybridized carbons (Fsp3) is 0.591. The third-order valence-electron chi connectivity index (χ3n) is 6.65. The molecule has 0 N–H and O–H groups in total. The van der Waals surface area contributed by atoms with Gasteiger partial charge in [0, 0.05) is 56.9 Å². The summed E-state index contributed by atoms with van der Waals surface area (Å²) in [6.07, 6.45) is 3.08. The van der Waals surface area contributed by atoms with Crippen LogP contribution in [-0.4, -0.2) is 59.2 Å². The Hall–Kier alpha value is -2.08. The van der Waals surface area contributed by atoms with Gasteiger partial charge in [-0.05, 0) is 37.5 Å². The van der Waals surface area contributed by atoms with Crippen molar-refractivity contribution in [2.45, 2.75) is 51.6 Å². The number of piperidine rings is 2. The standard InChI is InChI=1S/C22H27ClN2O4/c1-14-11-20-17(12-18(14)23)19(27)13-22(29-20)5-9-25(10-6-22)21(28)16-3-7-24(8-4-16)15(2)26/h11-12,16H,3-10,13H2,1-2H3. The molecule has 2 fully saturated rings. The van der Waals surface area contributed by atoms with Crippen LogP contribution in [0.2, 0.25) is 5.02 Å². The lowest BCUT2D eigenvalue weighted by Gasteiger charge is -2.45. The van der Waals surface area contributed by atoms with Gasteiger partial charge in [0.15, 0.2) is 5.78 Å². The zero-order valence-corrected chi connectivity index (χ0v) is 17.8. The number of fused-ring (bicyclic) bond motifs is 1. The lowest BCUT2D eigenvalue weighted by Crippen LogP contribution is -2.54. The second kappa shape index (κ2) is 7.63. The van der Waals surface area contributed by atoms with Crippen molar-refractivity contribution in [3.63, 3.8) is 0 Å². The Morgan fingerprint density at radius 2 is 1.76 bits per heavy atom. The molecule has 0 unspecified atom stereocenters. The first-order valence-electron chi connectivity index (χ1n) is 10.3. The Kier molecular flexibility index (Phi) is 5.32. The number of amides is 2. The van der Waals surface area contributed by atoms with Crippen LogP contribution < -0.4 is 4.74 Å². The Morgan fingerprint density at radius 1 is 1.10 bits per heavy atom. The maximum Gasteiger partial charge on any atom is 0.225 e. The first-order chi connectivity index (χ1) is 13.8. The molecular weight excluding hydrogens is 392 g/mol. The minimum atomic E-state index is -0.529. The van der Waals surface area contributed by atoms with Crippen molar-refractivity contribution in [2.75, 3.05) is 26.2 Å². The third-order valence-corrected chi connectivity index (χ3v) is 7.05. The van der Waals surface area contributed by atoms with Gasteiger partial charge in [0.25, 0.3) is 0 Å². The van der Waals surface area contributed by atoms with E-state index in [1.165, 1.54) is 0 Å². The summed E-state index contributed by atoms with van der Waals surface area (Å²) in [6, 6.07) is 3.55. The van der Waals surface area contributed by atoms with Crippen molar-refractivity contribution in [1.29, 1.82) is 0 Å². The van der Waals surface area contributed by atoms with Gasteiger partial charge in [-0.1, -0.05) is 11.6 Å². The van der Waals surface area contributed by atoms with Gasteiger partial charge in [0.2, 0.25) is 11.8 Å². The van der Waals surface area contributed by atoms with Gasteiger partial charge in [0.05, 0.1) is 12.0 Å². The lowest BCUT2D eigenvalue weighted by atomic mass is 9.81. The molecule has 4 rings (SSSR count). The first-order valence-corrected chi connectivity index (χ1v) is 10.7. The number of benzene rings is 1. The summed E-state index contributed by atoms with van der Waals surface area (Å²) in [6.45, 7) is 5.98. The number of Topliss-reactive ketones (excluding diaryl/α,β-unsaturated/α-hetero) is 1. The monoisotopic (exact) mass is 418 g/mol. The molecule has 1 spiro atoms. The zero-order valence-electron chi connectivity index (χ0n) is 17.0. The number of rotatable bonds is 1. The molecule has 1 aromatic carbocycles. The summed E-state index contributed by atoms with van der Waals surface area (Å²) in [7, 11) is 0. The molecule has 3 aliphatic heterocycles. The quantitative estimate of drug-likeness (QED) is 0.702. The van der Waals surface area contributed by atoms with E-state index < -0.39 is 5.60 Å². The molecular formula is C22H27ClN2O4. The highest BCUT2D eigenvalue weighted by atomic mass is 35.5. The van der Waals surface area contributed by atoms with E-state index in [1.807, 2.05) is 22.8 Å². The second-order valence-electron chi connectivity index (χ2n) is 8.59. The Morgan fingerprint density at radius 3 is 2.38 bits per heavy atom. The van der Waals surface area contributed by atoms with Gasteiger partial charge in [-0.25, -0.2) is 0 Å². The number of hydrogen-bond donors (Lipinski definition) is 0. The third kappa shape index (κ3) is 3.87. The summed E-state index contributed by atoms with van der Waals surface area (Å²) in [4.78, 5) is 40.9. The summed E-state index contributed by atoms with van der Waals surface area (Å²) >= 11 is 6.17. The van der Waals surface area contributed by atoms with E-state index in [4.69, 9.17) is 16.3 Å². The van der Waals surface area contributed by atoms with Crippen molar-refractivity contribution in [2.24, 2.45) is 5.92 Å². The number of likely N-dealkylation sites (tertiary alicyclic amines) is 2. The summed E-state index contributed by atoms with van der Waals surface area (Å²) in [5.41, 5.74) is 0.917. The van der Waals surface area contributed by atoms with E-state index in [-0.39, 0.29) is 23.5 Å². The van der Waals surface area contributed by atoms with Gasteiger partial charge < -0.3 is 14.5 Å². The van der Waals surface area contributed by atoms with Crippen molar-refractivity contribution < 1.29 is 19.1 Å². The highest BCUT2D eigenvalue weighted by Gasteiger charge is 2.44. The average Bonchev–Trinajstić information content (AvgIpc) is 2.70. The number of aryl methyl sites for hydroxylation is 1. The van der Waals surface area contributed by atoms with Gasteiger partial charge in [-0.3, -0.25) is 14.4 Å². The van der Waals surface area contributed by atoms with Crippen LogP contribution in [0.4, 0.5) is 0 Å². The predicted molar refractivity (Wildman–Crippen MR) is 109 cm³/mol. The molecule has 156 valence electrons. The van der Waals surface area contributed by atoms with Crippen LogP contribution in [0.15, 0.2) is 12.1 Å². The molecule has 0 radical (unpaired) electrons. The molecule has 6 nitrogen and oxygen atoms in total. The largest absolute Gasteiger partial charge is 0.486 e. The molecule has 3 aliphatic rings. The van der Waals surface area contributed by atoms with E-state index in [0.717, 1.165) is 18.4 Å². The van der Waals surface area contributed by atoms with E-state index in [2.05, 4.69) is 0 Å². The Bertz CT molecular complexity index is 853. The number of carbonyl (C=O) groups excluding carboxylic acids is 3. The van der Waals surface area contributed by atoms with E-state index >= 15 is 0 Å². The molecule has 1 aromatic rings. The molecule has 0 bridgehead atoms. The van der Waals surface area contributed by atoms with Gasteiger partial charge in [-0.15, -0.1) is 0 Å². The molecule has 0 saturated carbocycles. The number of halogens is 1. The molecule has 2 amide bonds. The molecule has 3 heterocycles. The SMILES string of the molecule is CC(=O)N1CCC(C(=O)N2CCC3(CC2)CC(=O)c2cc(Cl)c(C)cc2O3)CC1. The van der Waals surface area contributed by atoms with Crippen LogP contribution in [0.1, 0.15) is 54.9 Å². The molecule has 2 saturated heterocycles. The normalized spacial score (nSPS) is 21.7. The van der Waals surface area contributed by atoms with E-state index in [0.29, 0.717) is 61.8 Å². The minimum absolute atomic E-state index is 0.0147. The first kappa shape index (κ1) is 20.2. The Labute approximate surface area is 176 Å². The molecule has 0 atom stereocenters. The van der Waals surface area contributed by atoms with Gasteiger partial charge >= 0.3 is 0 Å². The van der Waals surface area contributed by atoms with Crippen LogP contribution >= 0.6 is 11.6 Å². The fourth-order valence-electron chi connectivity index (χ4n) is 4.73. The zero-order chi connectivity index (χ0) is 20.8. The smallest absolute Gasteiger partial charge is 0.225 e. The minimum Gasteiger partial charge on any atom is -0.486 e. The van der Waals surface area contributed by atoms with Crippen LogP contribution in [0, 0.1) is 12.8 Å². The molecule has 0 aliphatic carbocycles. The second-order valence-corrected chi connectivity index (χ2v) is 9.00. The maximum atomic E-state index is 12.9. The fourth-order valence-corrected chi connectivity index (χ4v) is 4.89. The van der Waals surface area contributed by atoms with Gasteiger partial charge in [-0.2, -0.15) is 0 Å². The number of ketones is 1. The van der Waals surface area contributed by atoms with Crippen LogP contribution in [0.3, 0.4) is 0 Å². The van der Waals surface area contributed by atoms with E-state index in [1.54, 1.807) is 13.0 Å². The van der Waals surface area contributed by atoms with Crippen molar-refractivity contribution in [3.8, 4) is 5.75 Å². The average molecular weight is 419 g/mol.